The highest BCUT2D eigenvalue weighted by atomic mass is 19.4. The van der Waals surface area contributed by atoms with Crippen molar-refractivity contribution in [3.8, 4) is 5.75 Å². The zero-order valence-corrected chi connectivity index (χ0v) is 12.7. The Bertz CT molecular complexity index is 837. The van der Waals surface area contributed by atoms with Crippen molar-refractivity contribution in [1.29, 1.82) is 0 Å². The Morgan fingerprint density at radius 1 is 1.08 bits per heavy atom. The third-order valence-electron chi connectivity index (χ3n) is 3.87. The summed E-state index contributed by atoms with van der Waals surface area (Å²) >= 11 is 0. The van der Waals surface area contributed by atoms with Gasteiger partial charge in [-0.3, -0.25) is 4.79 Å². The molecule has 2 N–H and O–H groups in total. The van der Waals surface area contributed by atoms with Crippen molar-refractivity contribution < 1.29 is 28.2 Å². The molecule has 8 heteroatoms. The van der Waals surface area contributed by atoms with Crippen LogP contribution in [0.15, 0.2) is 59.7 Å². The van der Waals surface area contributed by atoms with Crippen LogP contribution in [0.3, 0.4) is 0 Å². The van der Waals surface area contributed by atoms with Gasteiger partial charge in [-0.15, -0.1) is 0 Å². The van der Waals surface area contributed by atoms with Crippen LogP contribution in [0.25, 0.3) is 0 Å². The second-order valence-electron chi connectivity index (χ2n) is 5.54. The van der Waals surface area contributed by atoms with E-state index in [0.717, 1.165) is 12.1 Å². The average Bonchev–Trinajstić information content (AvgIpc) is 2.94. The van der Waals surface area contributed by atoms with E-state index in [9.17, 15) is 28.2 Å². The number of benzene rings is 2. The van der Waals surface area contributed by atoms with Crippen molar-refractivity contribution in [3.63, 3.8) is 0 Å². The quantitative estimate of drug-likeness (QED) is 0.875. The van der Waals surface area contributed by atoms with Gasteiger partial charge in [0.05, 0.1) is 17.7 Å². The van der Waals surface area contributed by atoms with Crippen LogP contribution in [-0.4, -0.2) is 38.7 Å². The number of aromatic hydroxyl groups is 1. The van der Waals surface area contributed by atoms with E-state index in [1.165, 1.54) is 24.3 Å². The largest absolute Gasteiger partial charge is 0.507 e. The van der Waals surface area contributed by atoms with Gasteiger partial charge in [0.25, 0.3) is 11.6 Å². The highest BCUT2D eigenvalue weighted by Gasteiger charge is 2.63. The summed E-state index contributed by atoms with van der Waals surface area (Å²) in [5.41, 5.74) is -3.59. The number of rotatable bonds is 2. The van der Waals surface area contributed by atoms with Crippen molar-refractivity contribution in [1.82, 2.24) is 5.01 Å². The van der Waals surface area contributed by atoms with Crippen LogP contribution in [0.5, 0.6) is 5.75 Å². The van der Waals surface area contributed by atoms with Crippen LogP contribution >= 0.6 is 0 Å². The summed E-state index contributed by atoms with van der Waals surface area (Å²) in [4.78, 5) is 12.5. The fourth-order valence-corrected chi connectivity index (χ4v) is 2.54. The summed E-state index contributed by atoms with van der Waals surface area (Å²) in [6.07, 6.45) is -6.03. The normalized spacial score (nSPS) is 20.5. The number of hydrazone groups is 1. The molecule has 0 spiro atoms. The van der Waals surface area contributed by atoms with Gasteiger partial charge in [0, 0.05) is 0 Å². The van der Waals surface area contributed by atoms with Crippen LogP contribution in [0.4, 0.5) is 13.2 Å². The van der Waals surface area contributed by atoms with Crippen molar-refractivity contribution >= 4 is 11.6 Å². The van der Waals surface area contributed by atoms with Gasteiger partial charge in [0.1, 0.15) is 5.75 Å². The lowest BCUT2D eigenvalue weighted by molar-refractivity contribution is -0.297. The maximum Gasteiger partial charge on any atom is 0.438 e. The average molecular weight is 350 g/mol. The summed E-state index contributed by atoms with van der Waals surface area (Å²) in [7, 11) is 0. The predicted octanol–water partition coefficient (Wildman–Crippen LogP) is 2.89. The lowest BCUT2D eigenvalue weighted by Crippen LogP contribution is -2.56. The van der Waals surface area contributed by atoms with Crippen molar-refractivity contribution in [3.05, 3.63) is 65.7 Å². The molecule has 0 bridgehead atoms. The van der Waals surface area contributed by atoms with Gasteiger partial charge in [-0.05, 0) is 17.7 Å². The second kappa shape index (κ2) is 5.89. The number of hydrogen-bond donors (Lipinski definition) is 2. The lowest BCUT2D eigenvalue weighted by atomic mass is 10.0. The molecular formula is C17H13F3N2O3. The van der Waals surface area contributed by atoms with Gasteiger partial charge in [-0.25, -0.2) is 0 Å². The van der Waals surface area contributed by atoms with E-state index < -0.39 is 30.0 Å². The molecule has 0 radical (unpaired) electrons. The first-order chi connectivity index (χ1) is 11.7. The molecule has 1 atom stereocenters. The molecule has 1 amide bonds. The van der Waals surface area contributed by atoms with Crippen LogP contribution in [0.2, 0.25) is 0 Å². The Balaban J connectivity index is 2.08. The number of amides is 1. The number of carbonyl (C=O) groups excluding carboxylic acids is 1. The minimum atomic E-state index is -5.13. The number of carbonyl (C=O) groups is 1. The first-order valence-corrected chi connectivity index (χ1v) is 7.28. The minimum Gasteiger partial charge on any atom is -0.507 e. The highest BCUT2D eigenvalue weighted by molar-refractivity contribution is 6.06. The smallest absolute Gasteiger partial charge is 0.438 e. The Labute approximate surface area is 140 Å². The maximum absolute atomic E-state index is 13.5. The maximum atomic E-state index is 13.5. The number of phenolic OH excluding ortho intramolecular Hbond substituents is 1. The van der Waals surface area contributed by atoms with Crippen LogP contribution in [-0.2, 0) is 0 Å². The van der Waals surface area contributed by atoms with Gasteiger partial charge < -0.3 is 10.2 Å². The predicted molar refractivity (Wildman–Crippen MR) is 82.9 cm³/mol. The van der Waals surface area contributed by atoms with Crippen molar-refractivity contribution in [2.75, 3.05) is 0 Å². The Morgan fingerprint density at radius 2 is 1.68 bits per heavy atom. The van der Waals surface area contributed by atoms with Gasteiger partial charge >= 0.3 is 6.18 Å². The summed E-state index contributed by atoms with van der Waals surface area (Å²) in [6.45, 7) is 0. The Hall–Kier alpha value is -2.87. The van der Waals surface area contributed by atoms with E-state index in [0.29, 0.717) is 5.56 Å². The van der Waals surface area contributed by atoms with Crippen LogP contribution < -0.4 is 0 Å². The molecule has 2 aromatic carbocycles. The van der Waals surface area contributed by atoms with Crippen molar-refractivity contribution in [2.24, 2.45) is 5.10 Å². The lowest BCUT2D eigenvalue weighted by Gasteiger charge is -2.32. The molecule has 3 rings (SSSR count). The van der Waals surface area contributed by atoms with E-state index in [1.54, 1.807) is 18.2 Å². The molecule has 0 saturated heterocycles. The molecule has 0 saturated carbocycles. The first kappa shape index (κ1) is 17.0. The summed E-state index contributed by atoms with van der Waals surface area (Å²) in [6, 6.07) is 13.1. The fraction of sp³-hybridized carbons (Fsp3) is 0.176. The van der Waals surface area contributed by atoms with E-state index >= 15 is 0 Å². The second-order valence-corrected chi connectivity index (χ2v) is 5.54. The molecule has 2 aromatic rings. The Morgan fingerprint density at radius 3 is 2.28 bits per heavy atom. The van der Waals surface area contributed by atoms with Gasteiger partial charge in [0.2, 0.25) is 0 Å². The SMILES string of the molecule is O=C(c1ccccc1O)N1N=C(c2ccccc2)C[C@]1(O)C(F)(F)F. The van der Waals surface area contributed by atoms with E-state index in [4.69, 9.17) is 0 Å². The standard InChI is InChI=1S/C17H13F3N2O3/c18-17(19,20)16(25)10-13(11-6-2-1-3-7-11)21-22(16)15(24)12-8-4-5-9-14(12)23/h1-9,23,25H,10H2/t16-/m0/s1. The zero-order valence-electron chi connectivity index (χ0n) is 12.7. The molecule has 1 aliphatic heterocycles. The number of aliphatic hydroxyl groups is 1. The summed E-state index contributed by atoms with van der Waals surface area (Å²) in [5.74, 6) is -1.75. The topological polar surface area (TPSA) is 73.1 Å². The van der Waals surface area contributed by atoms with Gasteiger partial charge in [0.15, 0.2) is 0 Å². The molecule has 5 nitrogen and oxygen atoms in total. The van der Waals surface area contributed by atoms with Crippen molar-refractivity contribution in [2.45, 2.75) is 18.3 Å². The highest BCUT2D eigenvalue weighted by Crippen LogP contribution is 2.42. The molecule has 1 aliphatic rings. The monoisotopic (exact) mass is 350 g/mol. The molecular weight excluding hydrogens is 337 g/mol. The summed E-state index contributed by atoms with van der Waals surface area (Å²) < 4.78 is 40.4. The fourth-order valence-electron chi connectivity index (χ4n) is 2.54. The molecule has 0 aliphatic carbocycles. The van der Waals surface area contributed by atoms with Gasteiger partial charge in [-0.1, -0.05) is 42.5 Å². The molecule has 130 valence electrons. The third-order valence-corrected chi connectivity index (χ3v) is 3.87. The first-order valence-electron chi connectivity index (χ1n) is 7.28. The number of para-hydroxylation sites is 1. The van der Waals surface area contributed by atoms with Gasteiger partial charge in [-0.2, -0.15) is 23.3 Å². The number of nitrogens with zero attached hydrogens (tertiary/aromatic N) is 2. The minimum absolute atomic E-state index is 0.00954. The number of phenols is 1. The summed E-state index contributed by atoms with van der Waals surface area (Å²) in [5, 5.41) is 23.7. The number of halogens is 3. The third kappa shape index (κ3) is 2.85. The molecule has 0 aromatic heterocycles. The van der Waals surface area contributed by atoms with Crippen LogP contribution in [0, 0.1) is 0 Å². The zero-order chi connectivity index (χ0) is 18.2. The molecule has 0 fully saturated rings. The molecule has 0 unspecified atom stereocenters. The van der Waals surface area contributed by atoms with Crippen LogP contribution in [0.1, 0.15) is 22.3 Å². The molecule has 25 heavy (non-hydrogen) atoms. The van der Waals surface area contributed by atoms with E-state index in [1.807, 2.05) is 0 Å². The van der Waals surface area contributed by atoms with E-state index in [2.05, 4.69) is 5.10 Å². The number of alkyl halides is 3. The number of hydrogen-bond acceptors (Lipinski definition) is 4. The Kier molecular flexibility index (Phi) is 4.00. The molecule has 1 heterocycles. The van der Waals surface area contributed by atoms with E-state index in [-0.39, 0.29) is 16.3 Å².